The van der Waals surface area contributed by atoms with Crippen LogP contribution < -0.4 is 0 Å². The summed E-state index contributed by atoms with van der Waals surface area (Å²) in [5, 5.41) is 10.7. The fourth-order valence-corrected chi connectivity index (χ4v) is 2.92. The van der Waals surface area contributed by atoms with Crippen LogP contribution in [0.5, 0.6) is 0 Å². The lowest BCUT2D eigenvalue weighted by Crippen LogP contribution is -2.04. The van der Waals surface area contributed by atoms with Crippen molar-refractivity contribution in [2.75, 3.05) is 0 Å². The number of carbonyl (C=O) groups is 1. The van der Waals surface area contributed by atoms with E-state index in [0.717, 1.165) is 55.1 Å². The van der Waals surface area contributed by atoms with Gasteiger partial charge < -0.3 is 9.67 Å². The molecule has 2 rings (SSSR count). The minimum atomic E-state index is -0.826. The van der Waals surface area contributed by atoms with E-state index in [1.165, 1.54) is 5.56 Å². The predicted octanol–water partition coefficient (Wildman–Crippen LogP) is 4.65. The molecule has 3 nitrogen and oxygen atoms in total. The molecular weight excluding hydrogens is 262 g/mol. The minimum absolute atomic E-state index is 0.445. The van der Waals surface area contributed by atoms with Gasteiger partial charge in [-0.25, -0.2) is 4.79 Å². The number of aromatic nitrogens is 1. The van der Waals surface area contributed by atoms with Crippen LogP contribution in [0.25, 0.3) is 10.9 Å². The quantitative estimate of drug-likeness (QED) is 0.805. The van der Waals surface area contributed by atoms with E-state index in [9.17, 15) is 9.90 Å². The van der Waals surface area contributed by atoms with Crippen LogP contribution in [-0.2, 0) is 19.4 Å². The summed E-state index contributed by atoms with van der Waals surface area (Å²) < 4.78 is 2.13. The topological polar surface area (TPSA) is 42.2 Å². The summed E-state index contributed by atoms with van der Waals surface area (Å²) in [6.07, 6.45) is 7.35. The van der Waals surface area contributed by atoms with Crippen LogP contribution in [-0.4, -0.2) is 15.6 Å². The van der Waals surface area contributed by atoms with Crippen molar-refractivity contribution in [1.29, 1.82) is 0 Å². The summed E-state index contributed by atoms with van der Waals surface area (Å²) in [6.45, 7) is 7.25. The van der Waals surface area contributed by atoms with Crippen molar-refractivity contribution >= 4 is 16.9 Å². The number of hydrogen-bond acceptors (Lipinski definition) is 1. The highest BCUT2D eigenvalue weighted by Gasteiger charge is 2.17. The summed E-state index contributed by atoms with van der Waals surface area (Å²) in [4.78, 5) is 11.6. The molecule has 0 saturated heterocycles. The van der Waals surface area contributed by atoms with Gasteiger partial charge in [-0.2, -0.15) is 0 Å². The molecule has 0 fully saturated rings. The fraction of sp³-hybridized carbons (Fsp3) is 0.500. The third kappa shape index (κ3) is 3.12. The molecule has 1 heterocycles. The molecule has 1 aromatic heterocycles. The molecule has 1 N–H and O–H groups in total. The first-order chi connectivity index (χ1) is 10.1. The number of rotatable bonds is 7. The maximum absolute atomic E-state index is 11.6. The number of carboxylic acids is 1. The maximum Gasteiger partial charge on any atom is 0.337 e. The van der Waals surface area contributed by atoms with Gasteiger partial charge in [0.25, 0.3) is 0 Å². The van der Waals surface area contributed by atoms with Gasteiger partial charge in [0.2, 0.25) is 0 Å². The van der Waals surface area contributed by atoms with Crippen molar-refractivity contribution in [3.05, 3.63) is 35.0 Å². The number of fused-ring (bicyclic) bond motifs is 1. The van der Waals surface area contributed by atoms with Crippen molar-refractivity contribution in [1.82, 2.24) is 4.57 Å². The third-order valence-corrected chi connectivity index (χ3v) is 4.02. The van der Waals surface area contributed by atoms with Crippen LogP contribution in [0.15, 0.2) is 18.3 Å². The maximum atomic E-state index is 11.6. The first kappa shape index (κ1) is 15.6. The Morgan fingerprint density at radius 2 is 1.95 bits per heavy atom. The van der Waals surface area contributed by atoms with Crippen molar-refractivity contribution in [3.63, 3.8) is 0 Å². The lowest BCUT2D eigenvalue weighted by atomic mass is 10.0. The van der Waals surface area contributed by atoms with E-state index in [1.54, 1.807) is 0 Å². The van der Waals surface area contributed by atoms with Crippen molar-refractivity contribution in [2.24, 2.45) is 0 Å². The van der Waals surface area contributed by atoms with Crippen LogP contribution >= 0.6 is 0 Å². The Morgan fingerprint density at radius 3 is 2.52 bits per heavy atom. The lowest BCUT2D eigenvalue weighted by Gasteiger charge is -2.08. The second kappa shape index (κ2) is 6.79. The number of nitrogens with zero attached hydrogens (tertiary/aromatic N) is 1. The van der Waals surface area contributed by atoms with Crippen molar-refractivity contribution < 1.29 is 9.90 Å². The van der Waals surface area contributed by atoms with Gasteiger partial charge in [0.05, 0.1) is 11.1 Å². The van der Waals surface area contributed by atoms with E-state index < -0.39 is 5.97 Å². The molecule has 0 atom stereocenters. The van der Waals surface area contributed by atoms with Gasteiger partial charge in [-0.3, -0.25) is 0 Å². The molecule has 1 aromatic carbocycles. The molecule has 3 heteroatoms. The van der Waals surface area contributed by atoms with Crippen LogP contribution in [0.3, 0.4) is 0 Å². The smallest absolute Gasteiger partial charge is 0.337 e. The van der Waals surface area contributed by atoms with Crippen LogP contribution in [0, 0.1) is 0 Å². The molecule has 0 radical (unpaired) electrons. The summed E-state index contributed by atoms with van der Waals surface area (Å²) in [7, 11) is 0. The molecule has 0 saturated carbocycles. The van der Waals surface area contributed by atoms with Gasteiger partial charge in [0.1, 0.15) is 0 Å². The molecule has 0 unspecified atom stereocenters. The summed E-state index contributed by atoms with van der Waals surface area (Å²) in [5.41, 5.74) is 3.73. The number of carboxylic acid groups (broad SMARTS) is 1. The molecule has 0 aliphatic carbocycles. The van der Waals surface area contributed by atoms with Gasteiger partial charge in [0.15, 0.2) is 0 Å². The van der Waals surface area contributed by atoms with Crippen LogP contribution in [0.1, 0.15) is 61.5 Å². The Kier molecular flexibility index (Phi) is 5.05. The summed E-state index contributed by atoms with van der Waals surface area (Å²) in [5.74, 6) is -0.826. The van der Waals surface area contributed by atoms with Gasteiger partial charge in [0, 0.05) is 18.1 Å². The molecule has 114 valence electrons. The lowest BCUT2D eigenvalue weighted by molar-refractivity contribution is 0.0698. The Balaban J connectivity index is 2.69. The SMILES string of the molecule is CCCCc1cn(CCC)c2c(C(=O)O)cc(CC)cc12. The molecule has 0 aliphatic heterocycles. The number of hydrogen-bond donors (Lipinski definition) is 1. The summed E-state index contributed by atoms with van der Waals surface area (Å²) in [6, 6.07) is 4.01. The number of benzene rings is 1. The zero-order valence-corrected chi connectivity index (χ0v) is 13.3. The highest BCUT2D eigenvalue weighted by atomic mass is 16.4. The molecule has 21 heavy (non-hydrogen) atoms. The molecular formula is C18H25NO2. The Hall–Kier alpha value is -1.77. The third-order valence-electron chi connectivity index (χ3n) is 4.02. The monoisotopic (exact) mass is 287 g/mol. The predicted molar refractivity (Wildman–Crippen MR) is 87.2 cm³/mol. The van der Waals surface area contributed by atoms with Crippen LogP contribution in [0.4, 0.5) is 0 Å². The second-order valence-electron chi connectivity index (χ2n) is 5.65. The highest BCUT2D eigenvalue weighted by Crippen LogP contribution is 2.28. The second-order valence-corrected chi connectivity index (χ2v) is 5.65. The Morgan fingerprint density at radius 1 is 1.19 bits per heavy atom. The molecule has 2 aromatic rings. The van der Waals surface area contributed by atoms with E-state index in [-0.39, 0.29) is 0 Å². The van der Waals surface area contributed by atoms with E-state index in [1.807, 2.05) is 6.07 Å². The van der Waals surface area contributed by atoms with Gasteiger partial charge in [-0.15, -0.1) is 0 Å². The van der Waals surface area contributed by atoms with E-state index in [2.05, 4.69) is 37.6 Å². The van der Waals surface area contributed by atoms with Gasteiger partial charge in [-0.05, 0) is 48.9 Å². The van der Waals surface area contributed by atoms with Crippen molar-refractivity contribution in [3.8, 4) is 0 Å². The molecule has 0 bridgehead atoms. The normalized spacial score (nSPS) is 11.2. The van der Waals surface area contributed by atoms with E-state index in [0.29, 0.717) is 5.56 Å². The van der Waals surface area contributed by atoms with Crippen molar-refractivity contribution in [2.45, 2.75) is 59.4 Å². The minimum Gasteiger partial charge on any atom is -0.478 e. The van der Waals surface area contributed by atoms with Gasteiger partial charge in [-0.1, -0.05) is 27.2 Å². The first-order valence-electron chi connectivity index (χ1n) is 8.00. The average Bonchev–Trinajstić information content (AvgIpc) is 2.82. The highest BCUT2D eigenvalue weighted by molar-refractivity contribution is 6.03. The number of aromatic carboxylic acids is 1. The molecule has 0 amide bonds. The van der Waals surface area contributed by atoms with Crippen LogP contribution in [0.2, 0.25) is 0 Å². The van der Waals surface area contributed by atoms with Gasteiger partial charge >= 0.3 is 5.97 Å². The Bertz CT molecular complexity index is 640. The largest absolute Gasteiger partial charge is 0.478 e. The summed E-state index contributed by atoms with van der Waals surface area (Å²) >= 11 is 0. The Labute approximate surface area is 126 Å². The first-order valence-corrected chi connectivity index (χ1v) is 8.00. The zero-order valence-electron chi connectivity index (χ0n) is 13.3. The zero-order chi connectivity index (χ0) is 15.4. The number of aryl methyl sites for hydroxylation is 3. The fourth-order valence-electron chi connectivity index (χ4n) is 2.92. The molecule has 0 spiro atoms. The van der Waals surface area contributed by atoms with E-state index in [4.69, 9.17) is 0 Å². The average molecular weight is 287 g/mol. The van der Waals surface area contributed by atoms with E-state index >= 15 is 0 Å². The number of unbranched alkanes of at least 4 members (excludes halogenated alkanes) is 1. The standard InChI is InChI=1S/C18H25NO2/c1-4-7-8-14-12-19(9-5-2)17-15(14)10-13(6-3)11-16(17)18(20)21/h10-12H,4-9H2,1-3H3,(H,20,21). The molecule has 0 aliphatic rings.